The molecular formula is C11H13N3O2S. The van der Waals surface area contributed by atoms with E-state index in [0.717, 1.165) is 5.75 Å². The van der Waals surface area contributed by atoms with Crippen molar-refractivity contribution < 1.29 is 9.26 Å². The zero-order chi connectivity index (χ0) is 12.1. The number of aromatic nitrogens is 2. The third kappa shape index (κ3) is 3.39. The van der Waals surface area contributed by atoms with E-state index in [4.69, 9.17) is 15.0 Å². The van der Waals surface area contributed by atoms with Crippen LogP contribution in [0.25, 0.3) is 0 Å². The molecule has 17 heavy (non-hydrogen) atoms. The smallest absolute Gasteiger partial charge is 0.264 e. The number of hydrogen-bond acceptors (Lipinski definition) is 6. The highest BCUT2D eigenvalue weighted by molar-refractivity contribution is 7.97. The molecule has 0 amide bonds. The van der Waals surface area contributed by atoms with Gasteiger partial charge in [0, 0.05) is 11.8 Å². The Morgan fingerprint density at radius 2 is 2.35 bits per heavy atom. The summed E-state index contributed by atoms with van der Waals surface area (Å²) in [7, 11) is 0. The standard InChI is InChI=1S/C11H13N3O2S/c1-17-7-10-13-11(16-14-10)6-15-9-4-2-3-8(12)5-9/h2-5H,6-7,12H2,1H3. The Hall–Kier alpha value is -1.69. The molecule has 2 aromatic rings. The van der Waals surface area contributed by atoms with Crippen LogP contribution in [0.4, 0.5) is 5.69 Å². The van der Waals surface area contributed by atoms with E-state index in [1.807, 2.05) is 18.4 Å². The molecule has 1 heterocycles. The average molecular weight is 251 g/mol. The fraction of sp³-hybridized carbons (Fsp3) is 0.273. The third-order valence-electron chi connectivity index (χ3n) is 2.00. The maximum Gasteiger partial charge on any atom is 0.264 e. The molecule has 0 saturated carbocycles. The number of rotatable bonds is 5. The van der Waals surface area contributed by atoms with Crippen LogP contribution in [0.1, 0.15) is 11.7 Å². The summed E-state index contributed by atoms with van der Waals surface area (Å²) in [5.74, 6) is 2.58. The number of nitrogens with two attached hydrogens (primary N) is 1. The van der Waals surface area contributed by atoms with E-state index in [9.17, 15) is 0 Å². The molecule has 0 bridgehead atoms. The first-order valence-corrected chi connectivity index (χ1v) is 6.46. The van der Waals surface area contributed by atoms with Crippen molar-refractivity contribution in [3.05, 3.63) is 36.0 Å². The van der Waals surface area contributed by atoms with Crippen molar-refractivity contribution >= 4 is 17.4 Å². The minimum absolute atomic E-state index is 0.255. The van der Waals surface area contributed by atoms with Crippen LogP contribution in [0.15, 0.2) is 28.8 Å². The molecule has 0 fully saturated rings. The molecule has 1 aromatic carbocycles. The summed E-state index contributed by atoms with van der Waals surface area (Å²) in [6.45, 7) is 0.255. The van der Waals surface area contributed by atoms with Gasteiger partial charge in [-0.2, -0.15) is 16.7 Å². The molecule has 5 nitrogen and oxygen atoms in total. The summed E-state index contributed by atoms with van der Waals surface area (Å²) in [6, 6.07) is 7.21. The lowest BCUT2D eigenvalue weighted by molar-refractivity contribution is 0.242. The van der Waals surface area contributed by atoms with Gasteiger partial charge in [-0.15, -0.1) is 0 Å². The lowest BCUT2D eigenvalue weighted by Crippen LogP contribution is -1.96. The van der Waals surface area contributed by atoms with Gasteiger partial charge in [0.25, 0.3) is 5.89 Å². The fourth-order valence-electron chi connectivity index (χ4n) is 1.29. The molecule has 0 unspecified atom stereocenters. The minimum Gasteiger partial charge on any atom is -0.484 e. The number of nitrogens with zero attached hydrogens (tertiary/aromatic N) is 2. The first-order chi connectivity index (χ1) is 8.28. The summed E-state index contributed by atoms with van der Waals surface area (Å²) in [6.07, 6.45) is 1.99. The van der Waals surface area contributed by atoms with Crippen LogP contribution in [-0.4, -0.2) is 16.4 Å². The van der Waals surface area contributed by atoms with Gasteiger partial charge in [0.15, 0.2) is 12.4 Å². The number of ether oxygens (including phenoxy) is 1. The first kappa shape index (κ1) is 11.8. The highest BCUT2D eigenvalue weighted by Crippen LogP contribution is 2.16. The summed E-state index contributed by atoms with van der Waals surface area (Å²) < 4.78 is 10.5. The Bertz CT molecular complexity index is 487. The molecule has 1 aromatic heterocycles. The van der Waals surface area contributed by atoms with Crippen molar-refractivity contribution in [2.24, 2.45) is 0 Å². The predicted octanol–water partition coefficient (Wildman–Crippen LogP) is 2.09. The van der Waals surface area contributed by atoms with Gasteiger partial charge in [0.1, 0.15) is 5.75 Å². The molecule has 0 aliphatic carbocycles. The Labute approximate surface area is 103 Å². The Balaban J connectivity index is 1.93. The second kappa shape index (κ2) is 5.58. The topological polar surface area (TPSA) is 74.2 Å². The molecule has 0 saturated heterocycles. The first-order valence-electron chi connectivity index (χ1n) is 5.06. The van der Waals surface area contributed by atoms with Crippen LogP contribution in [-0.2, 0) is 12.4 Å². The van der Waals surface area contributed by atoms with Gasteiger partial charge in [0.2, 0.25) is 0 Å². The van der Waals surface area contributed by atoms with E-state index in [-0.39, 0.29) is 6.61 Å². The SMILES string of the molecule is CSCc1noc(COc2cccc(N)c2)n1. The summed E-state index contributed by atoms with van der Waals surface area (Å²) in [5.41, 5.74) is 6.30. The number of thioether (sulfide) groups is 1. The normalized spacial score (nSPS) is 10.4. The lowest BCUT2D eigenvalue weighted by atomic mass is 10.3. The van der Waals surface area contributed by atoms with Gasteiger partial charge in [-0.05, 0) is 18.4 Å². The lowest BCUT2D eigenvalue weighted by Gasteiger charge is -2.02. The molecule has 2 rings (SSSR count). The van der Waals surface area contributed by atoms with Crippen molar-refractivity contribution in [1.82, 2.24) is 10.1 Å². The van der Waals surface area contributed by atoms with Crippen molar-refractivity contribution in [2.45, 2.75) is 12.4 Å². The van der Waals surface area contributed by atoms with E-state index in [1.54, 1.807) is 23.9 Å². The number of anilines is 1. The second-order valence-corrected chi connectivity index (χ2v) is 4.26. The van der Waals surface area contributed by atoms with E-state index in [0.29, 0.717) is 23.2 Å². The van der Waals surface area contributed by atoms with Gasteiger partial charge in [-0.1, -0.05) is 11.2 Å². The minimum atomic E-state index is 0.255. The van der Waals surface area contributed by atoms with E-state index in [2.05, 4.69) is 10.1 Å². The largest absolute Gasteiger partial charge is 0.484 e. The number of benzene rings is 1. The van der Waals surface area contributed by atoms with Gasteiger partial charge < -0.3 is 15.0 Å². The van der Waals surface area contributed by atoms with Crippen LogP contribution in [0.2, 0.25) is 0 Å². The van der Waals surface area contributed by atoms with Crippen LogP contribution in [0.5, 0.6) is 5.75 Å². The fourth-order valence-corrected chi connectivity index (χ4v) is 1.66. The molecule has 2 N–H and O–H groups in total. The van der Waals surface area contributed by atoms with Crippen LogP contribution in [0.3, 0.4) is 0 Å². The van der Waals surface area contributed by atoms with Crippen molar-refractivity contribution in [2.75, 3.05) is 12.0 Å². The van der Waals surface area contributed by atoms with E-state index >= 15 is 0 Å². The summed E-state index contributed by atoms with van der Waals surface area (Å²) in [4.78, 5) is 4.18. The molecule has 0 spiro atoms. The van der Waals surface area contributed by atoms with Crippen LogP contribution < -0.4 is 10.5 Å². The van der Waals surface area contributed by atoms with E-state index in [1.165, 1.54) is 0 Å². The van der Waals surface area contributed by atoms with Gasteiger partial charge in [-0.25, -0.2) is 0 Å². The summed E-state index contributed by atoms with van der Waals surface area (Å²) >= 11 is 1.64. The Kier molecular flexibility index (Phi) is 3.87. The third-order valence-corrected chi connectivity index (χ3v) is 2.55. The number of hydrogen-bond donors (Lipinski definition) is 1. The molecule has 0 atom stereocenters. The molecular weight excluding hydrogens is 238 g/mol. The number of nitrogen functional groups attached to an aromatic ring is 1. The molecule has 0 aliphatic heterocycles. The van der Waals surface area contributed by atoms with Gasteiger partial charge in [0.05, 0.1) is 5.75 Å². The van der Waals surface area contributed by atoms with Crippen molar-refractivity contribution in [3.8, 4) is 5.75 Å². The second-order valence-electron chi connectivity index (χ2n) is 3.40. The maximum absolute atomic E-state index is 5.64. The monoisotopic (exact) mass is 251 g/mol. The maximum atomic E-state index is 5.64. The Morgan fingerprint density at radius 3 is 3.12 bits per heavy atom. The Morgan fingerprint density at radius 1 is 1.47 bits per heavy atom. The van der Waals surface area contributed by atoms with E-state index < -0.39 is 0 Å². The predicted molar refractivity (Wildman–Crippen MR) is 66.7 cm³/mol. The zero-order valence-corrected chi connectivity index (χ0v) is 10.2. The molecule has 90 valence electrons. The van der Waals surface area contributed by atoms with Crippen LogP contribution in [0, 0.1) is 0 Å². The van der Waals surface area contributed by atoms with Crippen molar-refractivity contribution in [3.63, 3.8) is 0 Å². The molecule has 0 aliphatic rings. The molecule has 0 radical (unpaired) electrons. The average Bonchev–Trinajstić information content (AvgIpc) is 2.75. The van der Waals surface area contributed by atoms with Crippen molar-refractivity contribution in [1.29, 1.82) is 0 Å². The summed E-state index contributed by atoms with van der Waals surface area (Å²) in [5, 5.41) is 3.82. The van der Waals surface area contributed by atoms with Crippen LogP contribution >= 0.6 is 11.8 Å². The van der Waals surface area contributed by atoms with Gasteiger partial charge >= 0.3 is 0 Å². The highest BCUT2D eigenvalue weighted by atomic mass is 32.2. The van der Waals surface area contributed by atoms with Gasteiger partial charge in [-0.3, -0.25) is 0 Å². The molecule has 6 heteroatoms. The zero-order valence-electron chi connectivity index (χ0n) is 9.42. The quantitative estimate of drug-likeness (QED) is 0.820. The highest BCUT2D eigenvalue weighted by Gasteiger charge is 2.06.